The first-order valence-electron chi connectivity index (χ1n) is 15.6. The number of benzene rings is 2. The third-order valence-electron chi connectivity index (χ3n) is 6.96. The molecule has 0 aliphatic carbocycles. The zero-order valence-corrected chi connectivity index (χ0v) is 27.2. The van der Waals surface area contributed by atoms with E-state index in [1.807, 2.05) is 88.4 Å². The first-order chi connectivity index (χ1) is 21.9. The highest BCUT2D eigenvalue weighted by Gasteiger charge is 2.29. The van der Waals surface area contributed by atoms with Gasteiger partial charge in [-0.25, -0.2) is 4.79 Å². The molecule has 0 fully saturated rings. The number of nitrogens with two attached hydrogens (primary N) is 2. The first kappa shape index (κ1) is 37.3. The van der Waals surface area contributed by atoms with Crippen LogP contribution >= 0.6 is 0 Å². The number of carbonyl (C=O) groups is 4. The Kier molecular flexibility index (Phi) is 16.4. The SMILES string of the molecule is CC(C)C[C@H](NC(=O)[C@H](CCCN=C(N)N)NC(=O)OCc1ccccc1)C(=O)N[C@H](CNC(=O)C=Cc1ccccc1)C(C)C. The second-order valence-electron chi connectivity index (χ2n) is 11.7. The molecule has 0 spiro atoms. The van der Waals surface area contributed by atoms with Crippen LogP contribution in [0.2, 0.25) is 0 Å². The first-order valence-corrected chi connectivity index (χ1v) is 15.6. The van der Waals surface area contributed by atoms with E-state index in [0.717, 1.165) is 11.1 Å². The number of aliphatic imine (C=N–C) groups is 1. The Morgan fingerprint density at radius 2 is 1.48 bits per heavy atom. The highest BCUT2D eigenvalue weighted by atomic mass is 16.5. The van der Waals surface area contributed by atoms with Crippen molar-refractivity contribution >= 4 is 35.9 Å². The molecule has 0 bridgehead atoms. The number of guanidine groups is 1. The van der Waals surface area contributed by atoms with Crippen molar-refractivity contribution in [1.29, 1.82) is 0 Å². The van der Waals surface area contributed by atoms with Gasteiger partial charge in [0.25, 0.3) is 0 Å². The monoisotopic (exact) mass is 635 g/mol. The molecule has 0 aromatic heterocycles. The lowest BCUT2D eigenvalue weighted by atomic mass is 9.99. The summed E-state index contributed by atoms with van der Waals surface area (Å²) in [7, 11) is 0. The summed E-state index contributed by atoms with van der Waals surface area (Å²) >= 11 is 0. The fourth-order valence-electron chi connectivity index (χ4n) is 4.40. The van der Waals surface area contributed by atoms with Crippen molar-refractivity contribution in [2.45, 2.75) is 71.7 Å². The summed E-state index contributed by atoms with van der Waals surface area (Å²) in [6, 6.07) is 16.3. The highest BCUT2D eigenvalue weighted by molar-refractivity contribution is 5.92. The number of alkyl carbamates (subject to hydrolysis) is 1. The summed E-state index contributed by atoms with van der Waals surface area (Å²) in [4.78, 5) is 56.0. The minimum Gasteiger partial charge on any atom is -0.445 e. The van der Waals surface area contributed by atoms with E-state index in [1.165, 1.54) is 6.08 Å². The number of nitrogens with zero attached hydrogens (tertiary/aromatic N) is 1. The highest BCUT2D eigenvalue weighted by Crippen LogP contribution is 2.10. The van der Waals surface area contributed by atoms with Crippen molar-refractivity contribution < 1.29 is 23.9 Å². The molecule has 0 unspecified atom stereocenters. The summed E-state index contributed by atoms with van der Waals surface area (Å²) < 4.78 is 5.32. The minimum atomic E-state index is -1.00. The summed E-state index contributed by atoms with van der Waals surface area (Å²) in [5.41, 5.74) is 12.5. The molecule has 2 aromatic carbocycles. The van der Waals surface area contributed by atoms with Gasteiger partial charge in [0.1, 0.15) is 18.7 Å². The van der Waals surface area contributed by atoms with Crippen LogP contribution in [0.5, 0.6) is 0 Å². The normalized spacial score (nSPS) is 13.0. The van der Waals surface area contributed by atoms with Crippen molar-refractivity contribution in [3.8, 4) is 0 Å². The van der Waals surface area contributed by atoms with Gasteiger partial charge >= 0.3 is 6.09 Å². The van der Waals surface area contributed by atoms with Crippen LogP contribution in [0, 0.1) is 11.8 Å². The molecule has 0 saturated carbocycles. The van der Waals surface area contributed by atoms with Crippen LogP contribution in [-0.4, -0.2) is 61.0 Å². The number of rotatable bonds is 18. The largest absolute Gasteiger partial charge is 0.445 e. The molecule has 0 saturated heterocycles. The predicted octanol–water partition coefficient (Wildman–Crippen LogP) is 2.84. The Morgan fingerprint density at radius 3 is 2.09 bits per heavy atom. The molecule has 0 aliphatic heterocycles. The Balaban J connectivity index is 2.06. The Bertz CT molecular complexity index is 1300. The molecular formula is C34H49N7O5. The molecule has 0 heterocycles. The van der Waals surface area contributed by atoms with Crippen molar-refractivity contribution in [3.63, 3.8) is 0 Å². The van der Waals surface area contributed by atoms with E-state index < -0.39 is 30.1 Å². The quantitative estimate of drug-likeness (QED) is 0.0628. The predicted molar refractivity (Wildman–Crippen MR) is 180 cm³/mol. The van der Waals surface area contributed by atoms with Gasteiger partial charge in [0.15, 0.2) is 5.96 Å². The zero-order valence-electron chi connectivity index (χ0n) is 27.2. The summed E-state index contributed by atoms with van der Waals surface area (Å²) in [5, 5.41) is 11.3. The lowest BCUT2D eigenvalue weighted by Gasteiger charge is -2.28. The summed E-state index contributed by atoms with van der Waals surface area (Å²) in [5.74, 6) is -1.23. The van der Waals surface area contributed by atoms with Crippen molar-refractivity contribution in [3.05, 3.63) is 77.9 Å². The molecule has 2 aromatic rings. The Hall–Kier alpha value is -4.87. The van der Waals surface area contributed by atoms with Gasteiger partial charge < -0.3 is 37.5 Å². The van der Waals surface area contributed by atoms with Crippen LogP contribution in [0.1, 0.15) is 58.1 Å². The van der Waals surface area contributed by atoms with Gasteiger partial charge in [-0.15, -0.1) is 0 Å². The molecule has 0 radical (unpaired) electrons. The van der Waals surface area contributed by atoms with Gasteiger partial charge in [-0.3, -0.25) is 19.4 Å². The zero-order chi connectivity index (χ0) is 33.9. The number of hydrogen-bond donors (Lipinski definition) is 6. The number of carbonyl (C=O) groups excluding carboxylic acids is 4. The average Bonchev–Trinajstić information content (AvgIpc) is 3.02. The van der Waals surface area contributed by atoms with Crippen LogP contribution in [0.25, 0.3) is 6.08 Å². The fourth-order valence-corrected chi connectivity index (χ4v) is 4.40. The van der Waals surface area contributed by atoms with Gasteiger partial charge in [-0.05, 0) is 48.3 Å². The van der Waals surface area contributed by atoms with Crippen molar-refractivity contribution in [2.75, 3.05) is 13.1 Å². The van der Waals surface area contributed by atoms with E-state index in [-0.39, 0.29) is 55.7 Å². The molecule has 3 atom stereocenters. The maximum absolute atomic E-state index is 13.5. The van der Waals surface area contributed by atoms with Crippen molar-refractivity contribution in [1.82, 2.24) is 21.3 Å². The van der Waals surface area contributed by atoms with Crippen LogP contribution in [0.15, 0.2) is 71.7 Å². The third-order valence-corrected chi connectivity index (χ3v) is 6.96. The number of nitrogens with one attached hydrogen (secondary N) is 4. The van der Waals surface area contributed by atoms with Gasteiger partial charge in [-0.1, -0.05) is 88.4 Å². The van der Waals surface area contributed by atoms with E-state index in [0.29, 0.717) is 12.8 Å². The van der Waals surface area contributed by atoms with Crippen LogP contribution in [-0.2, 0) is 25.7 Å². The van der Waals surface area contributed by atoms with E-state index in [1.54, 1.807) is 6.08 Å². The lowest BCUT2D eigenvalue weighted by Crippen LogP contribution is -2.57. The molecular weight excluding hydrogens is 586 g/mol. The standard InChI is InChI=1S/C34H49N7O5/c1-23(2)20-28(32(44)40-29(24(3)4)21-38-30(42)18-17-25-12-7-5-8-13-25)39-31(43)27(16-11-19-37-33(35)36)41-34(45)46-22-26-14-9-6-10-15-26/h5-10,12-15,17-18,23-24,27-29H,11,16,19-22H2,1-4H3,(H,38,42)(H,39,43)(H,40,44)(H,41,45)(H4,35,36,37)/t27-,28-,29+/m0/s1. The third kappa shape index (κ3) is 15.2. The molecule has 46 heavy (non-hydrogen) atoms. The maximum atomic E-state index is 13.5. The average molecular weight is 636 g/mol. The minimum absolute atomic E-state index is 0.0120. The van der Waals surface area contributed by atoms with Crippen LogP contribution in [0.3, 0.4) is 0 Å². The Morgan fingerprint density at radius 1 is 0.848 bits per heavy atom. The second kappa shape index (κ2) is 20.2. The molecule has 8 N–H and O–H groups in total. The van der Waals surface area contributed by atoms with E-state index >= 15 is 0 Å². The number of hydrogen-bond acceptors (Lipinski definition) is 6. The molecule has 12 nitrogen and oxygen atoms in total. The fraction of sp³-hybridized carbons (Fsp3) is 0.441. The van der Waals surface area contributed by atoms with E-state index in [9.17, 15) is 19.2 Å². The Labute approximate surface area is 271 Å². The van der Waals surface area contributed by atoms with Crippen molar-refractivity contribution in [2.24, 2.45) is 28.3 Å². The molecule has 0 aliphatic rings. The second-order valence-corrected chi connectivity index (χ2v) is 11.7. The van der Waals surface area contributed by atoms with Crippen LogP contribution in [0.4, 0.5) is 4.79 Å². The molecule has 4 amide bonds. The summed E-state index contributed by atoms with van der Waals surface area (Å²) in [6.07, 6.45) is 3.34. The van der Waals surface area contributed by atoms with E-state index in [2.05, 4.69) is 26.3 Å². The van der Waals surface area contributed by atoms with Gasteiger partial charge in [0.05, 0.1) is 0 Å². The summed E-state index contributed by atoms with van der Waals surface area (Å²) in [6.45, 7) is 8.24. The molecule has 12 heteroatoms. The lowest BCUT2D eigenvalue weighted by molar-refractivity contribution is -0.131. The van der Waals surface area contributed by atoms with Crippen LogP contribution < -0.4 is 32.7 Å². The maximum Gasteiger partial charge on any atom is 0.408 e. The topological polar surface area (TPSA) is 190 Å². The van der Waals surface area contributed by atoms with E-state index in [4.69, 9.17) is 16.2 Å². The smallest absolute Gasteiger partial charge is 0.408 e. The van der Waals surface area contributed by atoms with Gasteiger partial charge in [0.2, 0.25) is 17.7 Å². The van der Waals surface area contributed by atoms with Gasteiger partial charge in [0, 0.05) is 25.2 Å². The number of ether oxygens (including phenoxy) is 1. The number of amides is 4. The van der Waals surface area contributed by atoms with Gasteiger partial charge in [-0.2, -0.15) is 0 Å². The molecule has 250 valence electrons. The molecule has 2 rings (SSSR count).